The van der Waals surface area contributed by atoms with Crippen molar-refractivity contribution in [1.29, 1.82) is 0 Å². The Bertz CT molecular complexity index is 394. The monoisotopic (exact) mass is 277 g/mol. The first kappa shape index (κ1) is 18.7. The molecule has 0 heterocycles. The van der Waals surface area contributed by atoms with Crippen molar-refractivity contribution in [1.82, 2.24) is 0 Å². The van der Waals surface area contributed by atoms with Crippen molar-refractivity contribution in [3.8, 4) is 0 Å². The number of allylic oxidation sites excluding steroid dienone is 6. The molecule has 0 aliphatic rings. The molecule has 0 spiro atoms. The second kappa shape index (κ2) is 10.5. The van der Waals surface area contributed by atoms with Crippen LogP contribution in [0.4, 0.5) is 0 Å². The molecule has 0 fully saturated rings. The maximum Gasteiger partial charge on any atom is 0.174 e. The van der Waals surface area contributed by atoms with Crippen LogP contribution >= 0.6 is 0 Å². The molecule has 0 saturated carbocycles. The Labute approximate surface area is 125 Å². The van der Waals surface area contributed by atoms with Gasteiger partial charge in [-0.25, -0.2) is 4.74 Å². The molecule has 0 aliphatic carbocycles. The molecule has 0 aromatic rings. The van der Waals surface area contributed by atoms with Gasteiger partial charge in [-0.1, -0.05) is 28.9 Å². The van der Waals surface area contributed by atoms with Crippen LogP contribution < -0.4 is 0 Å². The van der Waals surface area contributed by atoms with Crippen LogP contribution in [0, 0.1) is 5.21 Å². The Hall–Kier alpha value is -1.31. The molecule has 0 aromatic heterocycles. The highest BCUT2D eigenvalue weighted by Gasteiger charge is 1.97. The second-order valence-electron chi connectivity index (χ2n) is 6.03. The van der Waals surface area contributed by atoms with Crippen LogP contribution in [0.25, 0.3) is 0 Å². The largest absolute Gasteiger partial charge is 0.624 e. The Balaban J connectivity index is 4.12. The van der Waals surface area contributed by atoms with Crippen LogP contribution in [-0.2, 0) is 0 Å². The first-order valence-electron chi connectivity index (χ1n) is 7.58. The summed E-state index contributed by atoms with van der Waals surface area (Å²) in [5.41, 5.74) is 4.09. The summed E-state index contributed by atoms with van der Waals surface area (Å²) in [5.74, 6) is 0. The summed E-state index contributed by atoms with van der Waals surface area (Å²) in [4.78, 5) is 0. The van der Waals surface area contributed by atoms with Gasteiger partial charge in [0.1, 0.15) is 0 Å². The van der Waals surface area contributed by atoms with E-state index in [1.807, 2.05) is 19.9 Å². The van der Waals surface area contributed by atoms with Gasteiger partial charge >= 0.3 is 0 Å². The van der Waals surface area contributed by atoms with E-state index in [0.717, 1.165) is 30.4 Å². The highest BCUT2D eigenvalue weighted by Crippen LogP contribution is 2.11. The fourth-order valence-electron chi connectivity index (χ4n) is 1.69. The first-order chi connectivity index (χ1) is 9.32. The summed E-state index contributed by atoms with van der Waals surface area (Å²) < 4.78 is 0.990. The minimum atomic E-state index is 0.0104. The quantitative estimate of drug-likeness (QED) is 0.192. The third kappa shape index (κ3) is 10.6. The van der Waals surface area contributed by atoms with E-state index in [1.54, 1.807) is 6.21 Å². The van der Waals surface area contributed by atoms with Crippen molar-refractivity contribution in [2.24, 2.45) is 0 Å². The molecule has 0 aromatic carbocycles. The highest BCUT2D eigenvalue weighted by molar-refractivity contribution is 5.67. The summed E-state index contributed by atoms with van der Waals surface area (Å²) in [5, 5.41) is 11.4. The number of hydrogen-bond acceptors (Lipinski definition) is 1. The fourth-order valence-corrected chi connectivity index (χ4v) is 1.69. The van der Waals surface area contributed by atoms with Crippen LogP contribution in [-0.4, -0.2) is 17.0 Å². The normalized spacial score (nSPS) is 13.8. The Morgan fingerprint density at radius 3 is 2.05 bits per heavy atom. The molecular weight excluding hydrogens is 246 g/mol. The molecule has 0 radical (unpaired) electrons. The lowest BCUT2D eigenvalue weighted by Gasteiger charge is -2.05. The molecule has 0 N–H and O–H groups in total. The van der Waals surface area contributed by atoms with Gasteiger partial charge in [-0.3, -0.25) is 0 Å². The van der Waals surface area contributed by atoms with Crippen molar-refractivity contribution < 1.29 is 4.74 Å². The Morgan fingerprint density at radius 1 is 0.950 bits per heavy atom. The number of hydrogen-bond donors (Lipinski definition) is 0. The molecule has 0 atom stereocenters. The van der Waals surface area contributed by atoms with Crippen molar-refractivity contribution in [3.63, 3.8) is 0 Å². The standard InChI is InChI=1S/C18H31NO/c1-15(2)9-7-10-17(5)11-8-12-18(6)13-14-19(20)16(3)4/h9,11,13-14,16H,7-8,10,12H2,1-6H3/b17-11+,18-13+,19-14+. The smallest absolute Gasteiger partial charge is 0.174 e. The summed E-state index contributed by atoms with van der Waals surface area (Å²) in [6, 6.07) is 0.0104. The molecule has 20 heavy (non-hydrogen) atoms. The maximum atomic E-state index is 11.4. The first-order valence-corrected chi connectivity index (χ1v) is 7.58. The maximum absolute atomic E-state index is 11.4. The lowest BCUT2D eigenvalue weighted by Crippen LogP contribution is -2.13. The molecule has 114 valence electrons. The predicted octanol–water partition coefficient (Wildman–Crippen LogP) is 5.40. The van der Waals surface area contributed by atoms with Gasteiger partial charge in [0.25, 0.3) is 0 Å². The van der Waals surface area contributed by atoms with E-state index in [0.29, 0.717) is 0 Å². The zero-order chi connectivity index (χ0) is 15.5. The molecule has 0 bridgehead atoms. The Morgan fingerprint density at radius 2 is 1.50 bits per heavy atom. The lowest BCUT2D eigenvalue weighted by atomic mass is 10.1. The molecule has 0 unspecified atom stereocenters. The van der Waals surface area contributed by atoms with E-state index in [-0.39, 0.29) is 6.04 Å². The van der Waals surface area contributed by atoms with Crippen molar-refractivity contribution >= 4 is 6.21 Å². The summed E-state index contributed by atoms with van der Waals surface area (Å²) >= 11 is 0. The molecule has 0 saturated heterocycles. The zero-order valence-corrected chi connectivity index (χ0v) is 14.1. The lowest BCUT2D eigenvalue weighted by molar-refractivity contribution is -0.486. The van der Waals surface area contributed by atoms with Crippen LogP contribution in [0.3, 0.4) is 0 Å². The predicted molar refractivity (Wildman–Crippen MR) is 90.2 cm³/mol. The van der Waals surface area contributed by atoms with Crippen molar-refractivity contribution in [2.45, 2.75) is 73.3 Å². The van der Waals surface area contributed by atoms with E-state index in [2.05, 4.69) is 39.8 Å². The van der Waals surface area contributed by atoms with Gasteiger partial charge in [-0.05, 0) is 67.2 Å². The van der Waals surface area contributed by atoms with Crippen molar-refractivity contribution in [2.75, 3.05) is 0 Å². The minimum Gasteiger partial charge on any atom is -0.624 e. The Kier molecular flexibility index (Phi) is 9.79. The van der Waals surface area contributed by atoms with Gasteiger partial charge in [0.15, 0.2) is 12.3 Å². The summed E-state index contributed by atoms with van der Waals surface area (Å²) in [6.07, 6.45) is 12.5. The topological polar surface area (TPSA) is 26.1 Å². The van der Waals surface area contributed by atoms with E-state index in [4.69, 9.17) is 0 Å². The van der Waals surface area contributed by atoms with Crippen LogP contribution in [0.5, 0.6) is 0 Å². The third-order valence-electron chi connectivity index (χ3n) is 3.14. The number of rotatable bonds is 8. The van der Waals surface area contributed by atoms with Gasteiger partial charge in [-0.15, -0.1) is 0 Å². The van der Waals surface area contributed by atoms with E-state index < -0.39 is 0 Å². The van der Waals surface area contributed by atoms with Crippen LogP contribution in [0.1, 0.15) is 67.2 Å². The second-order valence-corrected chi connectivity index (χ2v) is 6.03. The van der Waals surface area contributed by atoms with Gasteiger partial charge in [0.05, 0.1) is 0 Å². The molecular formula is C18H31NO. The average molecular weight is 277 g/mol. The fraction of sp³-hybridized carbons (Fsp3) is 0.611. The molecule has 2 heteroatoms. The number of nitrogens with zero attached hydrogens (tertiary/aromatic N) is 1. The van der Waals surface area contributed by atoms with Gasteiger partial charge in [-0.2, -0.15) is 0 Å². The molecule has 0 rings (SSSR count). The third-order valence-corrected chi connectivity index (χ3v) is 3.14. The van der Waals surface area contributed by atoms with E-state index in [9.17, 15) is 5.21 Å². The van der Waals surface area contributed by atoms with Crippen LogP contribution in [0.2, 0.25) is 0 Å². The van der Waals surface area contributed by atoms with Gasteiger partial charge in [0, 0.05) is 6.08 Å². The minimum absolute atomic E-state index is 0.0104. The van der Waals surface area contributed by atoms with E-state index >= 15 is 0 Å². The zero-order valence-electron chi connectivity index (χ0n) is 14.1. The molecule has 0 amide bonds. The van der Waals surface area contributed by atoms with Gasteiger partial charge < -0.3 is 5.21 Å². The highest BCUT2D eigenvalue weighted by atomic mass is 16.5. The average Bonchev–Trinajstić information content (AvgIpc) is 2.35. The summed E-state index contributed by atoms with van der Waals surface area (Å²) in [7, 11) is 0. The van der Waals surface area contributed by atoms with Gasteiger partial charge in [0.2, 0.25) is 0 Å². The van der Waals surface area contributed by atoms with Crippen molar-refractivity contribution in [3.05, 3.63) is 40.2 Å². The molecule has 0 aliphatic heterocycles. The summed E-state index contributed by atoms with van der Waals surface area (Å²) in [6.45, 7) is 12.3. The van der Waals surface area contributed by atoms with Crippen LogP contribution in [0.15, 0.2) is 34.9 Å². The number of hydroxylamine groups is 1. The van der Waals surface area contributed by atoms with E-state index in [1.165, 1.54) is 16.7 Å². The SMILES string of the molecule is CC(C)=CCC/C(C)=C/CC/C(C)=C/C=[N+](/[O-])C(C)C. The molecule has 2 nitrogen and oxygen atoms in total.